The molecule has 0 spiro atoms. The van der Waals surface area contributed by atoms with Gasteiger partial charge in [-0.1, -0.05) is 13.8 Å². The minimum Gasteiger partial charge on any atom is -0.198 e. The van der Waals surface area contributed by atoms with Crippen LogP contribution in [0, 0.1) is 22.7 Å². The zero-order valence-corrected chi connectivity index (χ0v) is 8.28. The van der Waals surface area contributed by atoms with Crippen molar-refractivity contribution in [3.63, 3.8) is 0 Å². The third-order valence-electron chi connectivity index (χ3n) is 2.36. The molecule has 0 aliphatic heterocycles. The van der Waals surface area contributed by atoms with Crippen molar-refractivity contribution in [2.75, 3.05) is 5.88 Å². The Labute approximate surface area is 74.4 Å². The molecule has 0 aliphatic rings. The van der Waals surface area contributed by atoms with Gasteiger partial charge in [-0.3, -0.25) is 0 Å². The van der Waals surface area contributed by atoms with Gasteiger partial charge in [0.05, 0.1) is 11.5 Å². The maximum absolute atomic E-state index is 8.89. The lowest BCUT2D eigenvalue weighted by molar-refractivity contribution is 0.284. The van der Waals surface area contributed by atoms with Crippen LogP contribution in [0.15, 0.2) is 0 Å². The molecule has 11 heavy (non-hydrogen) atoms. The molecule has 0 saturated heterocycles. The van der Waals surface area contributed by atoms with E-state index in [9.17, 15) is 0 Å². The Bertz CT molecular complexity index is 148. The van der Waals surface area contributed by atoms with E-state index in [2.05, 4.69) is 19.9 Å². The predicted molar refractivity (Wildman–Crippen MR) is 48.5 cm³/mol. The summed E-state index contributed by atoms with van der Waals surface area (Å²) < 4.78 is 0. The number of hydrogen-bond donors (Lipinski definition) is 0. The average molecular weight is 174 g/mol. The highest BCUT2D eigenvalue weighted by atomic mass is 35.5. The standard InChI is InChI=1S/C9H16ClN/c1-8(2)9(3,7-11)5-4-6-10/h8H,4-6H2,1-3H3. The molecule has 64 valence electrons. The van der Waals surface area contributed by atoms with E-state index in [1.165, 1.54) is 0 Å². The van der Waals surface area contributed by atoms with Gasteiger partial charge in [0.2, 0.25) is 0 Å². The van der Waals surface area contributed by atoms with E-state index in [-0.39, 0.29) is 5.41 Å². The summed E-state index contributed by atoms with van der Waals surface area (Å²) in [5.74, 6) is 1.07. The first-order valence-corrected chi connectivity index (χ1v) is 4.57. The zero-order valence-electron chi connectivity index (χ0n) is 7.52. The van der Waals surface area contributed by atoms with E-state index < -0.39 is 0 Å². The summed E-state index contributed by atoms with van der Waals surface area (Å²) >= 11 is 5.56. The Hall–Kier alpha value is -0.220. The minimum absolute atomic E-state index is 0.186. The van der Waals surface area contributed by atoms with Gasteiger partial charge in [0.25, 0.3) is 0 Å². The lowest BCUT2D eigenvalue weighted by atomic mass is 9.77. The largest absolute Gasteiger partial charge is 0.198 e. The second kappa shape index (κ2) is 4.62. The second-order valence-electron chi connectivity index (χ2n) is 3.48. The van der Waals surface area contributed by atoms with Crippen LogP contribution in [-0.2, 0) is 0 Å². The van der Waals surface area contributed by atoms with Crippen molar-refractivity contribution in [2.45, 2.75) is 33.6 Å². The highest BCUT2D eigenvalue weighted by Gasteiger charge is 2.26. The molecule has 0 heterocycles. The van der Waals surface area contributed by atoms with E-state index in [1.807, 2.05) is 6.92 Å². The molecular formula is C9H16ClN. The summed E-state index contributed by atoms with van der Waals surface area (Å²) in [5, 5.41) is 8.89. The summed E-state index contributed by atoms with van der Waals surface area (Å²) in [7, 11) is 0. The molecule has 0 fully saturated rings. The van der Waals surface area contributed by atoms with E-state index in [1.54, 1.807) is 0 Å². The summed E-state index contributed by atoms with van der Waals surface area (Å²) in [5.41, 5.74) is -0.186. The fourth-order valence-electron chi connectivity index (χ4n) is 0.908. The predicted octanol–water partition coefficient (Wildman–Crippen LogP) is 3.19. The SMILES string of the molecule is CC(C)C(C)(C#N)CCCCl. The molecule has 0 saturated carbocycles. The average Bonchev–Trinajstić information content (AvgIpc) is 2.00. The number of nitrogens with zero attached hydrogens (tertiary/aromatic N) is 1. The second-order valence-corrected chi connectivity index (χ2v) is 3.85. The van der Waals surface area contributed by atoms with Crippen LogP contribution in [0.3, 0.4) is 0 Å². The van der Waals surface area contributed by atoms with E-state index >= 15 is 0 Å². The maximum Gasteiger partial charge on any atom is 0.0689 e. The molecule has 0 bridgehead atoms. The van der Waals surface area contributed by atoms with Crippen LogP contribution in [-0.4, -0.2) is 5.88 Å². The monoisotopic (exact) mass is 173 g/mol. The van der Waals surface area contributed by atoms with Gasteiger partial charge in [-0.25, -0.2) is 0 Å². The lowest BCUT2D eigenvalue weighted by Crippen LogP contribution is -2.21. The maximum atomic E-state index is 8.89. The summed E-state index contributed by atoms with van der Waals surface area (Å²) in [6.45, 7) is 6.17. The molecule has 0 N–H and O–H groups in total. The molecule has 1 unspecified atom stereocenters. The Morgan fingerprint density at radius 3 is 2.36 bits per heavy atom. The van der Waals surface area contributed by atoms with Crippen molar-refractivity contribution in [1.29, 1.82) is 5.26 Å². The zero-order chi connectivity index (χ0) is 8.91. The number of hydrogen-bond acceptors (Lipinski definition) is 1. The Morgan fingerprint density at radius 2 is 2.09 bits per heavy atom. The molecular weight excluding hydrogens is 158 g/mol. The summed E-state index contributed by atoms with van der Waals surface area (Å²) in [6, 6.07) is 2.35. The quantitative estimate of drug-likeness (QED) is 0.599. The third kappa shape index (κ3) is 3.12. The highest BCUT2D eigenvalue weighted by molar-refractivity contribution is 6.17. The van der Waals surface area contributed by atoms with Gasteiger partial charge in [0, 0.05) is 5.88 Å². The van der Waals surface area contributed by atoms with Crippen LogP contribution >= 0.6 is 11.6 Å². The van der Waals surface area contributed by atoms with Crippen molar-refractivity contribution < 1.29 is 0 Å². The topological polar surface area (TPSA) is 23.8 Å². The van der Waals surface area contributed by atoms with E-state index in [4.69, 9.17) is 16.9 Å². The van der Waals surface area contributed by atoms with Gasteiger partial charge in [-0.15, -0.1) is 11.6 Å². The number of alkyl halides is 1. The van der Waals surface area contributed by atoms with E-state index in [0.717, 1.165) is 12.8 Å². The highest BCUT2D eigenvalue weighted by Crippen LogP contribution is 2.31. The number of halogens is 1. The fourth-order valence-corrected chi connectivity index (χ4v) is 1.04. The fraction of sp³-hybridized carbons (Fsp3) is 0.889. The molecule has 0 radical (unpaired) electrons. The smallest absolute Gasteiger partial charge is 0.0689 e. The molecule has 2 heteroatoms. The van der Waals surface area contributed by atoms with Gasteiger partial charge in [-0.05, 0) is 25.7 Å². The van der Waals surface area contributed by atoms with Gasteiger partial charge < -0.3 is 0 Å². The first-order chi connectivity index (χ1) is 5.06. The first-order valence-electron chi connectivity index (χ1n) is 4.04. The van der Waals surface area contributed by atoms with E-state index in [0.29, 0.717) is 11.8 Å². The molecule has 0 aromatic heterocycles. The summed E-state index contributed by atoms with van der Waals surface area (Å²) in [6.07, 6.45) is 1.84. The Balaban J connectivity index is 4.03. The van der Waals surface area contributed by atoms with Crippen molar-refractivity contribution in [3.8, 4) is 6.07 Å². The molecule has 1 atom stereocenters. The number of nitriles is 1. The Kier molecular flexibility index (Phi) is 4.52. The van der Waals surface area contributed by atoms with Crippen molar-refractivity contribution in [3.05, 3.63) is 0 Å². The van der Waals surface area contributed by atoms with Crippen molar-refractivity contribution in [2.24, 2.45) is 11.3 Å². The van der Waals surface area contributed by atoms with Crippen LogP contribution < -0.4 is 0 Å². The first kappa shape index (κ1) is 10.8. The molecule has 0 rings (SSSR count). The normalized spacial score (nSPS) is 16.0. The van der Waals surface area contributed by atoms with Gasteiger partial charge >= 0.3 is 0 Å². The summed E-state index contributed by atoms with van der Waals surface area (Å²) in [4.78, 5) is 0. The van der Waals surface area contributed by atoms with Crippen LogP contribution in [0.25, 0.3) is 0 Å². The van der Waals surface area contributed by atoms with Crippen LogP contribution in [0.1, 0.15) is 33.6 Å². The van der Waals surface area contributed by atoms with Crippen LogP contribution in [0.4, 0.5) is 0 Å². The molecule has 0 aliphatic carbocycles. The lowest BCUT2D eigenvalue weighted by Gasteiger charge is -2.25. The van der Waals surface area contributed by atoms with Crippen molar-refractivity contribution in [1.82, 2.24) is 0 Å². The van der Waals surface area contributed by atoms with Crippen LogP contribution in [0.5, 0.6) is 0 Å². The van der Waals surface area contributed by atoms with Crippen LogP contribution in [0.2, 0.25) is 0 Å². The van der Waals surface area contributed by atoms with Gasteiger partial charge in [-0.2, -0.15) is 5.26 Å². The van der Waals surface area contributed by atoms with Gasteiger partial charge in [0.1, 0.15) is 0 Å². The molecule has 0 aromatic carbocycles. The van der Waals surface area contributed by atoms with Gasteiger partial charge in [0.15, 0.2) is 0 Å². The minimum atomic E-state index is -0.186. The number of rotatable bonds is 4. The Morgan fingerprint density at radius 1 is 1.55 bits per heavy atom. The molecule has 0 amide bonds. The molecule has 1 nitrogen and oxygen atoms in total. The third-order valence-corrected chi connectivity index (χ3v) is 2.63. The molecule has 0 aromatic rings. The van der Waals surface area contributed by atoms with Crippen molar-refractivity contribution >= 4 is 11.6 Å².